The maximum Gasteiger partial charge on any atom is 0.119 e. The molecule has 1 atom stereocenters. The number of hydrogen-bond acceptors (Lipinski definition) is 3. The van der Waals surface area contributed by atoms with Crippen molar-refractivity contribution in [2.24, 2.45) is 0 Å². The van der Waals surface area contributed by atoms with Gasteiger partial charge in [-0.1, -0.05) is 29.8 Å². The summed E-state index contributed by atoms with van der Waals surface area (Å²) in [5, 5.41) is 0. The van der Waals surface area contributed by atoms with E-state index in [0.29, 0.717) is 0 Å². The van der Waals surface area contributed by atoms with Crippen LogP contribution < -0.4 is 9.47 Å². The lowest BCUT2D eigenvalue weighted by Gasteiger charge is -2.20. The largest absolute Gasteiger partial charge is 0.497 e. The van der Waals surface area contributed by atoms with Crippen molar-refractivity contribution >= 4 is 0 Å². The molecule has 0 fully saturated rings. The highest BCUT2D eigenvalue weighted by molar-refractivity contribution is 5.28. The zero-order valence-electron chi connectivity index (χ0n) is 14.8. The summed E-state index contributed by atoms with van der Waals surface area (Å²) in [5.74, 6) is 1.79. The van der Waals surface area contributed by atoms with Crippen molar-refractivity contribution in [2.45, 2.75) is 32.4 Å². The summed E-state index contributed by atoms with van der Waals surface area (Å²) < 4.78 is 13.5. The molecule has 4 nitrogen and oxygen atoms in total. The number of benzene rings is 2. The lowest BCUT2D eigenvalue weighted by Crippen LogP contribution is -2.23. The predicted octanol–water partition coefficient (Wildman–Crippen LogP) is 4.28. The van der Waals surface area contributed by atoms with E-state index in [-0.39, 0.29) is 6.10 Å². The molecule has 25 heavy (non-hydrogen) atoms. The maximum atomic E-state index is 6.24. The van der Waals surface area contributed by atoms with E-state index in [9.17, 15) is 0 Å². The number of aryl methyl sites for hydroxylation is 2. The van der Waals surface area contributed by atoms with Gasteiger partial charge in [0.2, 0.25) is 0 Å². The molecule has 0 N–H and O–H groups in total. The summed E-state index contributed by atoms with van der Waals surface area (Å²) in [6.07, 6.45) is 7.57. The molecule has 0 saturated heterocycles. The Labute approximate surface area is 149 Å². The van der Waals surface area contributed by atoms with Crippen LogP contribution in [0.4, 0.5) is 0 Å². The first-order valence-corrected chi connectivity index (χ1v) is 8.55. The van der Waals surface area contributed by atoms with Crippen LogP contribution in [0.15, 0.2) is 67.3 Å². The van der Waals surface area contributed by atoms with E-state index in [1.807, 2.05) is 36.8 Å². The summed E-state index contributed by atoms with van der Waals surface area (Å²) in [7, 11) is 1.69. The molecule has 3 aromatic rings. The Morgan fingerprint density at radius 3 is 2.36 bits per heavy atom. The monoisotopic (exact) mass is 336 g/mol. The van der Waals surface area contributed by atoms with Crippen molar-refractivity contribution in [2.75, 3.05) is 7.11 Å². The lowest BCUT2D eigenvalue weighted by molar-refractivity contribution is 0.170. The number of imidazole rings is 1. The molecule has 0 amide bonds. The Morgan fingerprint density at radius 1 is 1.00 bits per heavy atom. The number of ether oxygens (including phenoxy) is 2. The molecule has 1 unspecified atom stereocenters. The van der Waals surface area contributed by atoms with Gasteiger partial charge >= 0.3 is 0 Å². The van der Waals surface area contributed by atoms with Crippen LogP contribution in [0.3, 0.4) is 0 Å². The highest BCUT2D eigenvalue weighted by Crippen LogP contribution is 2.18. The minimum Gasteiger partial charge on any atom is -0.497 e. The second kappa shape index (κ2) is 8.38. The van der Waals surface area contributed by atoms with Crippen molar-refractivity contribution in [3.8, 4) is 11.5 Å². The molecule has 0 aliphatic carbocycles. The molecule has 3 rings (SSSR count). The molecule has 0 spiro atoms. The van der Waals surface area contributed by atoms with Crippen LogP contribution in [0.5, 0.6) is 11.5 Å². The van der Waals surface area contributed by atoms with Gasteiger partial charge in [0.25, 0.3) is 0 Å². The number of aromatic nitrogens is 2. The Kier molecular flexibility index (Phi) is 5.73. The van der Waals surface area contributed by atoms with Crippen LogP contribution in [0.2, 0.25) is 0 Å². The zero-order chi connectivity index (χ0) is 17.5. The quantitative estimate of drug-likeness (QED) is 0.616. The fourth-order valence-electron chi connectivity index (χ4n) is 2.75. The van der Waals surface area contributed by atoms with Crippen molar-refractivity contribution in [1.29, 1.82) is 0 Å². The van der Waals surface area contributed by atoms with Gasteiger partial charge in [-0.3, -0.25) is 0 Å². The summed E-state index contributed by atoms with van der Waals surface area (Å²) in [6, 6.07) is 16.4. The number of methoxy groups -OCH3 is 1. The van der Waals surface area contributed by atoms with Gasteiger partial charge < -0.3 is 14.0 Å². The molecule has 130 valence electrons. The third kappa shape index (κ3) is 5.11. The average molecular weight is 336 g/mol. The molecule has 1 heterocycles. The van der Waals surface area contributed by atoms with Crippen LogP contribution in [0.1, 0.15) is 17.5 Å². The molecule has 2 aromatic carbocycles. The number of hydrogen-bond donors (Lipinski definition) is 0. The lowest BCUT2D eigenvalue weighted by atomic mass is 10.1. The van der Waals surface area contributed by atoms with Crippen molar-refractivity contribution in [3.05, 3.63) is 78.4 Å². The van der Waals surface area contributed by atoms with E-state index in [2.05, 4.69) is 40.7 Å². The van der Waals surface area contributed by atoms with E-state index >= 15 is 0 Å². The number of nitrogens with zero attached hydrogens (tertiary/aromatic N) is 2. The van der Waals surface area contributed by atoms with Crippen LogP contribution in [-0.4, -0.2) is 22.8 Å². The smallest absolute Gasteiger partial charge is 0.119 e. The molecular formula is C21H24N2O2. The van der Waals surface area contributed by atoms with Gasteiger partial charge in [0.05, 0.1) is 20.0 Å². The van der Waals surface area contributed by atoms with Crippen LogP contribution in [0.25, 0.3) is 0 Å². The van der Waals surface area contributed by atoms with Crippen molar-refractivity contribution < 1.29 is 9.47 Å². The topological polar surface area (TPSA) is 36.3 Å². The fourth-order valence-corrected chi connectivity index (χ4v) is 2.75. The molecule has 0 aliphatic rings. The second-order valence-electron chi connectivity index (χ2n) is 6.20. The van der Waals surface area contributed by atoms with Gasteiger partial charge in [-0.2, -0.15) is 0 Å². The standard InChI is InChI=1S/C21H24N2O2/c1-17-3-8-20(9-4-17)25-21(15-23-14-13-22-16-23)12-7-18-5-10-19(24-2)11-6-18/h3-6,8-11,13-14,16,21H,7,12,15H2,1-2H3. The molecule has 4 heteroatoms. The molecule has 0 radical (unpaired) electrons. The summed E-state index contributed by atoms with van der Waals surface area (Å²) in [4.78, 5) is 4.12. The fraction of sp³-hybridized carbons (Fsp3) is 0.286. The predicted molar refractivity (Wildman–Crippen MR) is 99.1 cm³/mol. The Morgan fingerprint density at radius 2 is 1.72 bits per heavy atom. The minimum absolute atomic E-state index is 0.0824. The molecule has 0 bridgehead atoms. The number of rotatable bonds is 8. The average Bonchev–Trinajstić information content (AvgIpc) is 3.15. The van der Waals surface area contributed by atoms with E-state index in [1.165, 1.54) is 11.1 Å². The minimum atomic E-state index is 0.0824. The normalized spacial score (nSPS) is 11.9. The first-order valence-electron chi connectivity index (χ1n) is 8.55. The summed E-state index contributed by atoms with van der Waals surface area (Å²) in [6.45, 7) is 2.86. The van der Waals surface area contributed by atoms with Crippen molar-refractivity contribution in [3.63, 3.8) is 0 Å². The highest BCUT2D eigenvalue weighted by Gasteiger charge is 2.12. The Hall–Kier alpha value is -2.75. The highest BCUT2D eigenvalue weighted by atomic mass is 16.5. The van der Waals surface area contributed by atoms with Crippen LogP contribution >= 0.6 is 0 Å². The molecule has 1 aromatic heterocycles. The van der Waals surface area contributed by atoms with Gasteiger partial charge in [0.15, 0.2) is 0 Å². The van der Waals surface area contributed by atoms with Crippen LogP contribution in [0, 0.1) is 6.92 Å². The third-order valence-electron chi connectivity index (χ3n) is 4.21. The maximum absolute atomic E-state index is 6.24. The third-order valence-corrected chi connectivity index (χ3v) is 4.21. The molecule has 0 saturated carbocycles. The zero-order valence-corrected chi connectivity index (χ0v) is 14.8. The van der Waals surface area contributed by atoms with Gasteiger partial charge in [-0.25, -0.2) is 4.98 Å². The Bertz CT molecular complexity index is 750. The van der Waals surface area contributed by atoms with E-state index in [1.54, 1.807) is 13.3 Å². The van der Waals surface area contributed by atoms with Gasteiger partial charge in [0.1, 0.15) is 17.6 Å². The van der Waals surface area contributed by atoms with Gasteiger partial charge in [-0.05, 0) is 49.6 Å². The van der Waals surface area contributed by atoms with E-state index < -0.39 is 0 Å². The molecular weight excluding hydrogens is 312 g/mol. The first-order chi connectivity index (χ1) is 12.2. The molecule has 0 aliphatic heterocycles. The van der Waals surface area contributed by atoms with Gasteiger partial charge in [-0.15, -0.1) is 0 Å². The van der Waals surface area contributed by atoms with Crippen LogP contribution in [-0.2, 0) is 13.0 Å². The van der Waals surface area contributed by atoms with E-state index in [0.717, 1.165) is 30.9 Å². The SMILES string of the molecule is COc1ccc(CCC(Cn2ccnc2)Oc2ccc(C)cc2)cc1. The Balaban J connectivity index is 1.65. The van der Waals surface area contributed by atoms with Crippen molar-refractivity contribution in [1.82, 2.24) is 9.55 Å². The van der Waals surface area contributed by atoms with Gasteiger partial charge in [0, 0.05) is 12.4 Å². The summed E-state index contributed by atoms with van der Waals surface area (Å²) in [5.41, 5.74) is 2.51. The van der Waals surface area contributed by atoms with E-state index in [4.69, 9.17) is 9.47 Å². The summed E-state index contributed by atoms with van der Waals surface area (Å²) >= 11 is 0. The second-order valence-corrected chi connectivity index (χ2v) is 6.20. The first kappa shape index (κ1) is 17.1.